The molecular weight excluding hydrogens is 234 g/mol. The molecule has 0 aromatic heterocycles. The van der Waals surface area contributed by atoms with E-state index in [4.69, 9.17) is 10.5 Å². The third kappa shape index (κ3) is 3.43. The highest BCUT2D eigenvalue weighted by atomic mass is 16.5. The zero-order valence-corrected chi connectivity index (χ0v) is 11.3. The van der Waals surface area contributed by atoms with Crippen LogP contribution in [0.15, 0.2) is 0 Å². The average molecular weight is 257 g/mol. The van der Waals surface area contributed by atoms with Gasteiger partial charge in [-0.05, 0) is 20.8 Å². The smallest absolute Gasteiger partial charge is 0.244 e. The van der Waals surface area contributed by atoms with E-state index in [2.05, 4.69) is 5.32 Å². The predicted molar refractivity (Wildman–Crippen MR) is 67.8 cm³/mol. The third-order valence-electron chi connectivity index (χ3n) is 3.27. The van der Waals surface area contributed by atoms with Gasteiger partial charge >= 0.3 is 0 Å². The number of likely N-dealkylation sites (N-methyl/N-ethyl adjacent to an activating group) is 1. The summed E-state index contributed by atoms with van der Waals surface area (Å²) in [5.74, 6) is -0.620. The molecule has 0 aromatic carbocycles. The van der Waals surface area contributed by atoms with E-state index >= 15 is 0 Å². The first kappa shape index (κ1) is 14.9. The van der Waals surface area contributed by atoms with Crippen molar-refractivity contribution in [2.24, 2.45) is 11.7 Å². The number of amides is 2. The maximum atomic E-state index is 12.0. The van der Waals surface area contributed by atoms with E-state index in [1.807, 2.05) is 13.8 Å². The van der Waals surface area contributed by atoms with Gasteiger partial charge in [-0.15, -0.1) is 0 Å². The quantitative estimate of drug-likeness (QED) is 0.684. The van der Waals surface area contributed by atoms with E-state index in [0.717, 1.165) is 0 Å². The van der Waals surface area contributed by atoms with Gasteiger partial charge < -0.3 is 20.7 Å². The Kier molecular flexibility index (Phi) is 5.55. The van der Waals surface area contributed by atoms with Crippen LogP contribution in [0, 0.1) is 5.92 Å². The summed E-state index contributed by atoms with van der Waals surface area (Å²) in [5.41, 5.74) is 5.76. The van der Waals surface area contributed by atoms with E-state index in [1.165, 1.54) is 0 Å². The molecule has 1 aliphatic rings. The molecule has 3 N–H and O–H groups in total. The van der Waals surface area contributed by atoms with Crippen LogP contribution in [0.25, 0.3) is 0 Å². The molecule has 104 valence electrons. The van der Waals surface area contributed by atoms with Crippen molar-refractivity contribution < 1.29 is 14.3 Å². The van der Waals surface area contributed by atoms with E-state index in [1.54, 1.807) is 11.8 Å². The zero-order chi connectivity index (χ0) is 13.7. The largest absolute Gasteiger partial charge is 0.379 e. The number of rotatable bonds is 5. The molecule has 0 aliphatic carbocycles. The zero-order valence-electron chi connectivity index (χ0n) is 11.3. The number of nitrogens with zero attached hydrogens (tertiary/aromatic N) is 1. The second-order valence-electron chi connectivity index (χ2n) is 4.55. The molecule has 0 aromatic rings. The Morgan fingerprint density at radius 1 is 1.39 bits per heavy atom. The Bertz CT molecular complexity index is 305. The number of hydrogen-bond acceptors (Lipinski definition) is 4. The topological polar surface area (TPSA) is 84.7 Å². The average Bonchev–Trinajstić information content (AvgIpc) is 2.76. The van der Waals surface area contributed by atoms with Crippen LogP contribution in [0.4, 0.5) is 0 Å². The summed E-state index contributed by atoms with van der Waals surface area (Å²) in [6.45, 7) is 7.53. The minimum atomic E-state index is -0.523. The van der Waals surface area contributed by atoms with Gasteiger partial charge in [0, 0.05) is 19.1 Å². The van der Waals surface area contributed by atoms with Crippen molar-refractivity contribution in [2.45, 2.75) is 32.9 Å². The Hall–Kier alpha value is -1.14. The third-order valence-corrected chi connectivity index (χ3v) is 3.27. The highest BCUT2D eigenvalue weighted by Gasteiger charge is 2.33. The molecule has 6 nitrogen and oxygen atoms in total. The first-order chi connectivity index (χ1) is 8.51. The van der Waals surface area contributed by atoms with E-state index < -0.39 is 6.04 Å². The first-order valence-electron chi connectivity index (χ1n) is 6.43. The van der Waals surface area contributed by atoms with Crippen molar-refractivity contribution in [1.29, 1.82) is 0 Å². The second-order valence-corrected chi connectivity index (χ2v) is 4.55. The maximum Gasteiger partial charge on any atom is 0.244 e. The van der Waals surface area contributed by atoms with Gasteiger partial charge in [-0.1, -0.05) is 0 Å². The summed E-state index contributed by atoms with van der Waals surface area (Å²) < 4.78 is 5.14. The number of carbonyl (C=O) groups is 2. The van der Waals surface area contributed by atoms with Gasteiger partial charge in [0.25, 0.3) is 0 Å². The molecule has 3 atom stereocenters. The molecule has 1 aliphatic heterocycles. The van der Waals surface area contributed by atoms with E-state index in [9.17, 15) is 9.59 Å². The molecule has 0 bridgehead atoms. The van der Waals surface area contributed by atoms with Crippen LogP contribution in [-0.4, -0.2) is 55.1 Å². The molecule has 1 heterocycles. The fraction of sp³-hybridized carbons (Fsp3) is 0.833. The standard InChI is InChI=1S/C12H23N3O3/c1-4-15(5-2)12(17)8(3)14-11(16)9-6-18-7-10(9)13/h8-10H,4-7,13H2,1-3H3,(H,14,16). The van der Waals surface area contributed by atoms with Crippen molar-refractivity contribution in [3.63, 3.8) is 0 Å². The SMILES string of the molecule is CCN(CC)C(=O)C(C)NC(=O)C1COCC1N. The lowest BCUT2D eigenvalue weighted by Gasteiger charge is -2.24. The minimum Gasteiger partial charge on any atom is -0.379 e. The molecule has 18 heavy (non-hydrogen) atoms. The highest BCUT2D eigenvalue weighted by molar-refractivity contribution is 5.88. The monoisotopic (exact) mass is 257 g/mol. The van der Waals surface area contributed by atoms with Crippen LogP contribution in [-0.2, 0) is 14.3 Å². The lowest BCUT2D eigenvalue weighted by Crippen LogP contribution is -2.50. The summed E-state index contributed by atoms with van der Waals surface area (Å²) in [5, 5.41) is 2.71. The van der Waals surface area contributed by atoms with Crippen molar-refractivity contribution in [3.05, 3.63) is 0 Å². The molecule has 0 saturated carbocycles. The van der Waals surface area contributed by atoms with Crippen molar-refractivity contribution in [2.75, 3.05) is 26.3 Å². The molecular formula is C12H23N3O3. The molecule has 3 unspecified atom stereocenters. The molecule has 1 rings (SSSR count). The molecule has 2 amide bonds. The first-order valence-corrected chi connectivity index (χ1v) is 6.43. The van der Waals surface area contributed by atoms with Crippen LogP contribution in [0.3, 0.4) is 0 Å². The van der Waals surface area contributed by atoms with Gasteiger partial charge in [0.05, 0.1) is 19.1 Å². The second kappa shape index (κ2) is 6.70. The molecule has 6 heteroatoms. The predicted octanol–water partition coefficient (Wildman–Crippen LogP) is -0.667. The van der Waals surface area contributed by atoms with Gasteiger partial charge in [-0.25, -0.2) is 0 Å². The van der Waals surface area contributed by atoms with Crippen LogP contribution in [0.1, 0.15) is 20.8 Å². The Morgan fingerprint density at radius 3 is 2.44 bits per heavy atom. The van der Waals surface area contributed by atoms with Crippen molar-refractivity contribution >= 4 is 11.8 Å². The number of ether oxygens (including phenoxy) is 1. The summed E-state index contributed by atoms with van der Waals surface area (Å²) in [6, 6.07) is -0.800. The summed E-state index contributed by atoms with van der Waals surface area (Å²) >= 11 is 0. The highest BCUT2D eigenvalue weighted by Crippen LogP contribution is 2.12. The number of nitrogens with two attached hydrogens (primary N) is 1. The Labute approximate surface area is 108 Å². The van der Waals surface area contributed by atoms with Gasteiger partial charge in [0.15, 0.2) is 0 Å². The number of hydrogen-bond donors (Lipinski definition) is 2. The van der Waals surface area contributed by atoms with Crippen LogP contribution in [0.5, 0.6) is 0 Å². The Balaban J connectivity index is 2.51. The van der Waals surface area contributed by atoms with Crippen molar-refractivity contribution in [3.8, 4) is 0 Å². The summed E-state index contributed by atoms with van der Waals surface area (Å²) in [6.07, 6.45) is 0. The lowest BCUT2D eigenvalue weighted by molar-refractivity contribution is -0.136. The summed E-state index contributed by atoms with van der Waals surface area (Å²) in [7, 11) is 0. The van der Waals surface area contributed by atoms with Gasteiger partial charge in [-0.3, -0.25) is 9.59 Å². The van der Waals surface area contributed by atoms with Gasteiger partial charge in [0.1, 0.15) is 6.04 Å². The molecule has 1 saturated heterocycles. The van der Waals surface area contributed by atoms with Crippen LogP contribution < -0.4 is 11.1 Å². The van der Waals surface area contributed by atoms with Gasteiger partial charge in [-0.2, -0.15) is 0 Å². The summed E-state index contributed by atoms with van der Waals surface area (Å²) in [4.78, 5) is 25.6. The van der Waals surface area contributed by atoms with Crippen LogP contribution >= 0.6 is 0 Å². The fourth-order valence-corrected chi connectivity index (χ4v) is 2.03. The van der Waals surface area contributed by atoms with E-state index in [0.29, 0.717) is 26.3 Å². The number of nitrogens with one attached hydrogen (secondary N) is 1. The van der Waals surface area contributed by atoms with Crippen LogP contribution in [0.2, 0.25) is 0 Å². The number of carbonyl (C=O) groups excluding carboxylic acids is 2. The van der Waals surface area contributed by atoms with Gasteiger partial charge in [0.2, 0.25) is 11.8 Å². The van der Waals surface area contributed by atoms with E-state index in [-0.39, 0.29) is 23.8 Å². The molecule has 0 radical (unpaired) electrons. The Morgan fingerprint density at radius 2 is 2.00 bits per heavy atom. The lowest BCUT2D eigenvalue weighted by atomic mass is 10.0. The normalized spacial score (nSPS) is 24.7. The minimum absolute atomic E-state index is 0.0687. The maximum absolute atomic E-state index is 12.0. The fourth-order valence-electron chi connectivity index (χ4n) is 2.03. The van der Waals surface area contributed by atoms with Crippen molar-refractivity contribution in [1.82, 2.24) is 10.2 Å². The molecule has 0 spiro atoms. The molecule has 1 fully saturated rings.